The van der Waals surface area contributed by atoms with Gasteiger partial charge in [-0.3, -0.25) is 0 Å². The Kier molecular flexibility index (Phi) is 5.63. The molecule has 0 aromatic heterocycles. The molecule has 96 valence electrons. The number of hydrogen-bond donors (Lipinski definition) is 1. The van der Waals surface area contributed by atoms with Crippen molar-refractivity contribution in [3.8, 4) is 0 Å². The lowest BCUT2D eigenvalue weighted by atomic mass is 10.1. The zero-order chi connectivity index (χ0) is 12.9. The van der Waals surface area contributed by atoms with Crippen LogP contribution in [0.15, 0.2) is 28.7 Å². The molecule has 17 heavy (non-hydrogen) atoms. The van der Waals surface area contributed by atoms with Gasteiger partial charge >= 0.3 is 0 Å². The normalized spacial score (nSPS) is 13.7. The highest BCUT2D eigenvalue weighted by Gasteiger charge is 2.20. The molecule has 0 aliphatic carbocycles. The predicted octanol–water partition coefficient (Wildman–Crippen LogP) is 3.91. The molecule has 0 saturated heterocycles. The van der Waals surface area contributed by atoms with Crippen molar-refractivity contribution < 1.29 is 4.74 Å². The van der Waals surface area contributed by atoms with Crippen molar-refractivity contribution in [2.24, 2.45) is 0 Å². The van der Waals surface area contributed by atoms with Crippen molar-refractivity contribution in [2.75, 3.05) is 13.1 Å². The topological polar surface area (TPSA) is 21.3 Å². The summed E-state index contributed by atoms with van der Waals surface area (Å²) in [6.07, 6.45) is 0.0902. The van der Waals surface area contributed by atoms with Gasteiger partial charge in [0.25, 0.3) is 0 Å². The molecule has 0 bridgehead atoms. The second-order valence-corrected chi connectivity index (χ2v) is 6.00. The number of benzene rings is 1. The first-order chi connectivity index (χ1) is 7.92. The van der Waals surface area contributed by atoms with Gasteiger partial charge < -0.3 is 10.1 Å². The molecule has 2 nitrogen and oxygen atoms in total. The summed E-state index contributed by atoms with van der Waals surface area (Å²) in [5.41, 5.74) is 1.07. The summed E-state index contributed by atoms with van der Waals surface area (Å²) in [6.45, 7) is 10.2. The van der Waals surface area contributed by atoms with Crippen LogP contribution in [0.1, 0.15) is 39.4 Å². The third kappa shape index (κ3) is 5.66. The summed E-state index contributed by atoms with van der Waals surface area (Å²) in [6, 6.07) is 8.31. The zero-order valence-corrected chi connectivity index (χ0v) is 12.7. The first kappa shape index (κ1) is 14.7. The fourth-order valence-corrected chi connectivity index (χ4v) is 2.05. The van der Waals surface area contributed by atoms with E-state index < -0.39 is 0 Å². The first-order valence-corrected chi connectivity index (χ1v) is 6.85. The van der Waals surface area contributed by atoms with E-state index in [2.05, 4.69) is 61.1 Å². The molecule has 1 unspecified atom stereocenters. The number of rotatable bonds is 5. The number of hydrogen-bond acceptors (Lipinski definition) is 2. The third-order valence-corrected chi connectivity index (χ3v) is 2.79. The van der Waals surface area contributed by atoms with E-state index in [1.54, 1.807) is 0 Å². The average Bonchev–Trinajstić information content (AvgIpc) is 2.22. The molecule has 1 rings (SSSR count). The Morgan fingerprint density at radius 2 is 2.06 bits per heavy atom. The van der Waals surface area contributed by atoms with Crippen LogP contribution in [0.4, 0.5) is 0 Å². The standard InChI is InChI=1S/C14H22BrNO/c1-5-16-10-13(17-14(2,3)4)11-7-6-8-12(15)9-11/h6-9,13,16H,5,10H2,1-4H3. The molecule has 0 spiro atoms. The molecular weight excluding hydrogens is 278 g/mol. The number of halogens is 1. The van der Waals surface area contributed by atoms with Gasteiger partial charge in [-0.2, -0.15) is 0 Å². The van der Waals surface area contributed by atoms with E-state index in [-0.39, 0.29) is 11.7 Å². The first-order valence-electron chi connectivity index (χ1n) is 6.06. The average molecular weight is 300 g/mol. The molecule has 1 N–H and O–H groups in total. The molecule has 3 heteroatoms. The fourth-order valence-electron chi connectivity index (χ4n) is 1.64. The van der Waals surface area contributed by atoms with Gasteiger partial charge in [0.15, 0.2) is 0 Å². The molecule has 0 aliphatic rings. The van der Waals surface area contributed by atoms with Gasteiger partial charge in [-0.1, -0.05) is 35.0 Å². The Labute approximate surface area is 113 Å². The Morgan fingerprint density at radius 1 is 1.35 bits per heavy atom. The van der Waals surface area contributed by atoms with Crippen molar-refractivity contribution in [1.29, 1.82) is 0 Å². The van der Waals surface area contributed by atoms with Crippen LogP contribution >= 0.6 is 15.9 Å². The number of likely N-dealkylation sites (N-methyl/N-ethyl adjacent to an activating group) is 1. The maximum Gasteiger partial charge on any atom is 0.0956 e. The Bertz CT molecular complexity index is 346. The molecular formula is C14H22BrNO. The maximum atomic E-state index is 6.10. The molecule has 1 aromatic rings. The highest BCUT2D eigenvalue weighted by atomic mass is 79.9. The molecule has 0 aliphatic heterocycles. The van der Waals surface area contributed by atoms with Crippen molar-refractivity contribution in [1.82, 2.24) is 5.32 Å². The summed E-state index contributed by atoms with van der Waals surface area (Å²) in [7, 11) is 0. The van der Waals surface area contributed by atoms with Crippen molar-refractivity contribution in [3.63, 3.8) is 0 Å². The second-order valence-electron chi connectivity index (χ2n) is 5.08. The lowest BCUT2D eigenvalue weighted by molar-refractivity contribution is -0.0604. The molecule has 0 radical (unpaired) electrons. The number of ether oxygens (including phenoxy) is 1. The van der Waals surface area contributed by atoms with Crippen LogP contribution in [0.5, 0.6) is 0 Å². The predicted molar refractivity (Wildman–Crippen MR) is 76.3 cm³/mol. The van der Waals surface area contributed by atoms with Gasteiger partial charge in [0.2, 0.25) is 0 Å². The van der Waals surface area contributed by atoms with E-state index in [1.807, 2.05) is 12.1 Å². The Balaban J connectivity index is 2.81. The van der Waals surface area contributed by atoms with Crippen LogP contribution in [0, 0.1) is 0 Å². The molecule has 0 amide bonds. The van der Waals surface area contributed by atoms with E-state index in [0.717, 1.165) is 17.6 Å². The highest BCUT2D eigenvalue weighted by molar-refractivity contribution is 9.10. The quantitative estimate of drug-likeness (QED) is 0.890. The SMILES string of the molecule is CCNCC(OC(C)(C)C)c1cccc(Br)c1. The summed E-state index contributed by atoms with van der Waals surface area (Å²) in [4.78, 5) is 0. The molecule has 1 aromatic carbocycles. The summed E-state index contributed by atoms with van der Waals surface area (Å²) in [5.74, 6) is 0. The van der Waals surface area contributed by atoms with E-state index in [0.29, 0.717) is 0 Å². The Hall–Kier alpha value is -0.380. The van der Waals surface area contributed by atoms with Crippen LogP contribution in [-0.2, 0) is 4.74 Å². The molecule has 0 heterocycles. The minimum Gasteiger partial charge on any atom is -0.367 e. The minimum atomic E-state index is -0.137. The van der Waals surface area contributed by atoms with Gasteiger partial charge in [-0.25, -0.2) is 0 Å². The van der Waals surface area contributed by atoms with E-state index in [1.165, 1.54) is 5.56 Å². The van der Waals surface area contributed by atoms with Gasteiger partial charge in [-0.05, 0) is 45.0 Å². The van der Waals surface area contributed by atoms with Crippen LogP contribution in [0.3, 0.4) is 0 Å². The molecule has 1 atom stereocenters. The largest absolute Gasteiger partial charge is 0.367 e. The van der Waals surface area contributed by atoms with E-state index >= 15 is 0 Å². The maximum absolute atomic E-state index is 6.10. The van der Waals surface area contributed by atoms with E-state index in [9.17, 15) is 0 Å². The van der Waals surface area contributed by atoms with Crippen molar-refractivity contribution >= 4 is 15.9 Å². The van der Waals surface area contributed by atoms with Gasteiger partial charge in [0.05, 0.1) is 11.7 Å². The van der Waals surface area contributed by atoms with Gasteiger partial charge in [0.1, 0.15) is 0 Å². The third-order valence-electron chi connectivity index (χ3n) is 2.30. The monoisotopic (exact) mass is 299 g/mol. The van der Waals surface area contributed by atoms with Gasteiger partial charge in [0, 0.05) is 11.0 Å². The number of nitrogens with one attached hydrogen (secondary N) is 1. The molecule has 0 fully saturated rings. The van der Waals surface area contributed by atoms with E-state index in [4.69, 9.17) is 4.74 Å². The van der Waals surface area contributed by atoms with Gasteiger partial charge in [-0.15, -0.1) is 0 Å². The fraction of sp³-hybridized carbons (Fsp3) is 0.571. The van der Waals surface area contributed by atoms with Crippen LogP contribution < -0.4 is 5.32 Å². The summed E-state index contributed by atoms with van der Waals surface area (Å²) >= 11 is 3.50. The smallest absolute Gasteiger partial charge is 0.0956 e. The van der Waals surface area contributed by atoms with Crippen LogP contribution in [0.25, 0.3) is 0 Å². The van der Waals surface area contributed by atoms with Crippen molar-refractivity contribution in [3.05, 3.63) is 34.3 Å². The Morgan fingerprint density at radius 3 is 2.59 bits per heavy atom. The van der Waals surface area contributed by atoms with Crippen LogP contribution in [0.2, 0.25) is 0 Å². The highest BCUT2D eigenvalue weighted by Crippen LogP contribution is 2.25. The lowest BCUT2D eigenvalue weighted by Gasteiger charge is -2.28. The second kappa shape index (κ2) is 6.53. The summed E-state index contributed by atoms with van der Waals surface area (Å²) < 4.78 is 7.19. The zero-order valence-electron chi connectivity index (χ0n) is 11.1. The molecule has 0 saturated carbocycles. The van der Waals surface area contributed by atoms with Crippen LogP contribution in [-0.4, -0.2) is 18.7 Å². The summed E-state index contributed by atoms with van der Waals surface area (Å²) in [5, 5.41) is 3.35. The lowest BCUT2D eigenvalue weighted by Crippen LogP contribution is -2.30. The minimum absolute atomic E-state index is 0.0902. The van der Waals surface area contributed by atoms with Crippen molar-refractivity contribution in [2.45, 2.75) is 39.4 Å².